The highest BCUT2D eigenvalue weighted by Gasteiger charge is 2.29. The molecule has 1 aromatic heterocycles. The van der Waals surface area contributed by atoms with E-state index in [4.69, 9.17) is 9.47 Å². The van der Waals surface area contributed by atoms with E-state index in [9.17, 15) is 23.5 Å². The monoisotopic (exact) mass is 469 g/mol. The summed E-state index contributed by atoms with van der Waals surface area (Å²) in [6.07, 6.45) is 0.264. The second-order valence-electron chi connectivity index (χ2n) is 7.97. The van der Waals surface area contributed by atoms with Gasteiger partial charge in [-0.2, -0.15) is 0 Å². The van der Waals surface area contributed by atoms with Crippen LogP contribution in [0.5, 0.6) is 11.5 Å². The molecule has 2 aromatic carbocycles. The highest BCUT2D eigenvalue weighted by atomic mass is 19.1. The summed E-state index contributed by atoms with van der Waals surface area (Å²) in [4.78, 5) is 29.3. The van der Waals surface area contributed by atoms with Crippen LogP contribution in [0.3, 0.4) is 0 Å². The number of hydrogen-bond acceptors (Lipinski definition) is 6. The molecule has 0 unspecified atom stereocenters. The van der Waals surface area contributed by atoms with Crippen LogP contribution in [0.15, 0.2) is 60.8 Å². The number of carbonyl (C=O) groups is 2. The topological polar surface area (TPSA) is 85.7 Å². The molecule has 0 aliphatic heterocycles. The molecular formula is C26H25F2NO5. The number of esters is 1. The standard InChI is InChI=1S/C26H25F2NO5/c1-15(12-21(30)24-25(31)22(33-3)10-11-29-24)26(32)34-16(2)23(17-6-4-8-19(27)13-17)18-7-5-9-20(28)14-18/h4-11,13-16,23,31H,12H2,1-3H3/t15-,16+/m1/s1. The van der Waals surface area contributed by atoms with Crippen molar-refractivity contribution in [2.45, 2.75) is 32.3 Å². The zero-order chi connectivity index (χ0) is 24.8. The first kappa shape index (κ1) is 24.8. The van der Waals surface area contributed by atoms with Gasteiger partial charge < -0.3 is 14.6 Å². The third-order valence-corrected chi connectivity index (χ3v) is 5.45. The Bertz CT molecular complexity index is 1140. The van der Waals surface area contributed by atoms with Gasteiger partial charge in [0.1, 0.15) is 17.7 Å². The van der Waals surface area contributed by atoms with Crippen molar-refractivity contribution in [3.63, 3.8) is 0 Å². The fourth-order valence-corrected chi connectivity index (χ4v) is 3.77. The van der Waals surface area contributed by atoms with Crippen LogP contribution in [0.4, 0.5) is 8.78 Å². The van der Waals surface area contributed by atoms with E-state index < -0.39 is 47.1 Å². The molecule has 0 saturated heterocycles. The summed E-state index contributed by atoms with van der Waals surface area (Å²) in [5.41, 5.74) is 0.824. The van der Waals surface area contributed by atoms with Crippen LogP contribution in [0, 0.1) is 17.6 Å². The average Bonchev–Trinajstić information content (AvgIpc) is 2.79. The molecule has 0 fully saturated rings. The van der Waals surface area contributed by atoms with Crippen molar-refractivity contribution in [1.29, 1.82) is 0 Å². The number of ketones is 1. The lowest BCUT2D eigenvalue weighted by Crippen LogP contribution is -2.28. The summed E-state index contributed by atoms with van der Waals surface area (Å²) >= 11 is 0. The Labute approximate surface area is 196 Å². The SMILES string of the molecule is COc1ccnc(C(=O)C[C@@H](C)C(=O)O[C@@H](C)C(c2cccc(F)c2)c2cccc(F)c2)c1O. The highest BCUT2D eigenvalue weighted by Crippen LogP contribution is 2.32. The van der Waals surface area contributed by atoms with Crippen molar-refractivity contribution in [2.75, 3.05) is 7.11 Å². The lowest BCUT2D eigenvalue weighted by molar-refractivity contribution is -0.153. The minimum Gasteiger partial charge on any atom is -0.503 e. The van der Waals surface area contributed by atoms with Crippen molar-refractivity contribution in [3.05, 3.63) is 89.2 Å². The second-order valence-corrected chi connectivity index (χ2v) is 7.97. The van der Waals surface area contributed by atoms with Gasteiger partial charge >= 0.3 is 5.97 Å². The molecule has 0 spiro atoms. The Morgan fingerprint density at radius 3 is 2.12 bits per heavy atom. The third-order valence-electron chi connectivity index (χ3n) is 5.45. The first-order chi connectivity index (χ1) is 16.2. The molecular weight excluding hydrogens is 444 g/mol. The first-order valence-corrected chi connectivity index (χ1v) is 10.7. The molecule has 8 heteroatoms. The summed E-state index contributed by atoms with van der Waals surface area (Å²) in [5, 5.41) is 10.1. The molecule has 178 valence electrons. The molecule has 0 saturated carbocycles. The summed E-state index contributed by atoms with van der Waals surface area (Å²) in [7, 11) is 1.35. The zero-order valence-electron chi connectivity index (χ0n) is 19.0. The van der Waals surface area contributed by atoms with Gasteiger partial charge in [0.25, 0.3) is 0 Å². The van der Waals surface area contributed by atoms with Crippen molar-refractivity contribution >= 4 is 11.8 Å². The molecule has 34 heavy (non-hydrogen) atoms. The molecule has 0 aliphatic rings. The van der Waals surface area contributed by atoms with E-state index >= 15 is 0 Å². The van der Waals surface area contributed by atoms with E-state index in [1.54, 1.807) is 19.1 Å². The number of Topliss-reactive ketones (excluding diaryl/α,β-unsaturated/α-hetero) is 1. The van der Waals surface area contributed by atoms with E-state index in [1.165, 1.54) is 62.7 Å². The maximum absolute atomic E-state index is 13.9. The van der Waals surface area contributed by atoms with E-state index in [2.05, 4.69) is 4.98 Å². The van der Waals surface area contributed by atoms with Crippen molar-refractivity contribution in [2.24, 2.45) is 5.92 Å². The number of aromatic hydroxyl groups is 1. The van der Waals surface area contributed by atoms with E-state index in [-0.39, 0.29) is 17.9 Å². The number of ether oxygens (including phenoxy) is 2. The molecule has 0 radical (unpaired) electrons. The fourth-order valence-electron chi connectivity index (χ4n) is 3.77. The number of rotatable bonds is 9. The minimum absolute atomic E-state index is 0.0928. The van der Waals surface area contributed by atoms with Gasteiger partial charge in [0, 0.05) is 24.6 Å². The summed E-state index contributed by atoms with van der Waals surface area (Å²) in [5.74, 6) is -3.97. The lowest BCUT2D eigenvalue weighted by Gasteiger charge is -2.26. The summed E-state index contributed by atoms with van der Waals surface area (Å²) in [6, 6.07) is 13.0. The fraction of sp³-hybridized carbons (Fsp3) is 0.269. The maximum Gasteiger partial charge on any atom is 0.309 e. The average molecular weight is 469 g/mol. The molecule has 3 aromatic rings. The van der Waals surface area contributed by atoms with E-state index in [0.29, 0.717) is 11.1 Å². The molecule has 1 heterocycles. The molecule has 6 nitrogen and oxygen atoms in total. The van der Waals surface area contributed by atoms with E-state index in [1.807, 2.05) is 0 Å². The third kappa shape index (κ3) is 5.75. The summed E-state index contributed by atoms with van der Waals surface area (Å²) < 4.78 is 38.4. The van der Waals surface area contributed by atoms with Gasteiger partial charge in [0.05, 0.1) is 13.0 Å². The van der Waals surface area contributed by atoms with Crippen LogP contribution >= 0.6 is 0 Å². The van der Waals surface area contributed by atoms with Crippen LogP contribution in [-0.4, -0.2) is 35.1 Å². The van der Waals surface area contributed by atoms with Crippen LogP contribution < -0.4 is 4.74 Å². The van der Waals surface area contributed by atoms with Gasteiger partial charge in [-0.3, -0.25) is 9.59 Å². The van der Waals surface area contributed by atoms with Gasteiger partial charge in [0.2, 0.25) is 0 Å². The van der Waals surface area contributed by atoms with Crippen molar-refractivity contribution < 1.29 is 33.0 Å². The quantitative estimate of drug-likeness (QED) is 0.349. The number of methoxy groups -OCH3 is 1. The van der Waals surface area contributed by atoms with Gasteiger partial charge in [-0.05, 0) is 42.3 Å². The molecule has 2 atom stereocenters. The Kier molecular flexibility index (Phi) is 7.94. The normalized spacial score (nSPS) is 12.8. The number of nitrogens with zero attached hydrogens (tertiary/aromatic N) is 1. The van der Waals surface area contributed by atoms with Gasteiger partial charge in [-0.1, -0.05) is 31.2 Å². The summed E-state index contributed by atoms with van der Waals surface area (Å²) in [6.45, 7) is 3.14. The van der Waals surface area contributed by atoms with Crippen LogP contribution in [0.25, 0.3) is 0 Å². The first-order valence-electron chi connectivity index (χ1n) is 10.7. The molecule has 1 N–H and O–H groups in total. The van der Waals surface area contributed by atoms with Crippen LogP contribution in [0.1, 0.15) is 47.8 Å². The predicted molar refractivity (Wildman–Crippen MR) is 121 cm³/mol. The number of pyridine rings is 1. The van der Waals surface area contributed by atoms with Gasteiger partial charge in [0.15, 0.2) is 23.0 Å². The number of benzene rings is 2. The highest BCUT2D eigenvalue weighted by molar-refractivity contribution is 5.99. The Hall–Kier alpha value is -3.81. The number of aromatic nitrogens is 1. The van der Waals surface area contributed by atoms with Crippen LogP contribution in [0.2, 0.25) is 0 Å². The van der Waals surface area contributed by atoms with Crippen molar-refractivity contribution in [1.82, 2.24) is 4.98 Å². The molecule has 0 amide bonds. The lowest BCUT2D eigenvalue weighted by atomic mass is 9.87. The predicted octanol–water partition coefficient (Wildman–Crippen LogP) is 5.05. The number of halogens is 2. The van der Waals surface area contributed by atoms with Crippen LogP contribution in [-0.2, 0) is 9.53 Å². The number of hydrogen-bond donors (Lipinski definition) is 1. The second kappa shape index (κ2) is 10.9. The number of carbonyl (C=O) groups excluding carboxylic acids is 2. The Morgan fingerprint density at radius 1 is 1.00 bits per heavy atom. The molecule has 0 aliphatic carbocycles. The maximum atomic E-state index is 13.9. The molecule has 0 bridgehead atoms. The largest absolute Gasteiger partial charge is 0.503 e. The Morgan fingerprint density at radius 2 is 1.59 bits per heavy atom. The van der Waals surface area contributed by atoms with E-state index in [0.717, 1.165) is 0 Å². The van der Waals surface area contributed by atoms with Crippen molar-refractivity contribution in [3.8, 4) is 11.5 Å². The van der Waals surface area contributed by atoms with Gasteiger partial charge in [-0.15, -0.1) is 0 Å². The minimum atomic E-state index is -0.858. The Balaban J connectivity index is 1.78. The molecule has 3 rings (SSSR count). The van der Waals surface area contributed by atoms with Gasteiger partial charge in [-0.25, -0.2) is 13.8 Å². The zero-order valence-corrected chi connectivity index (χ0v) is 19.0. The smallest absolute Gasteiger partial charge is 0.309 e.